The van der Waals surface area contributed by atoms with Crippen LogP contribution in [0.25, 0.3) is 0 Å². The standard InChI is InChI=1S/C56H100O9/c1-3-5-7-9-11-13-15-17-19-21-22-23-24-25-26-27-28-29-30-32-34-36-38-40-42-44-46-62-48-50(49-63-56-55(61)54(60)53(59)51(47-57)65-56)64-52(58)45-43-41-39-37-35-33-31-20-18-16-14-12-10-8-6-4-2/h14-17,20-22,24-25,31,50-51,53-57,59-61H,3-13,18-19,23,26-30,32-49H2,1-2H3/b16-14-,17-15-,22-21-,25-24-,31-20-. The zero-order chi connectivity index (χ0) is 47.1. The minimum absolute atomic E-state index is 0.122. The molecule has 0 saturated carbocycles. The number of allylic oxidation sites excluding steroid dienone is 10. The maximum atomic E-state index is 12.8. The first-order valence-electron chi connectivity index (χ1n) is 26.9. The maximum Gasteiger partial charge on any atom is 0.306 e. The summed E-state index contributed by atoms with van der Waals surface area (Å²) in [4.78, 5) is 12.8. The van der Waals surface area contributed by atoms with Crippen LogP contribution in [0.4, 0.5) is 0 Å². The number of unbranched alkanes of at least 4 members (excludes halogenated alkanes) is 25. The third kappa shape index (κ3) is 37.5. The molecule has 65 heavy (non-hydrogen) atoms. The summed E-state index contributed by atoms with van der Waals surface area (Å²) < 4.78 is 22.9. The largest absolute Gasteiger partial charge is 0.457 e. The van der Waals surface area contributed by atoms with Crippen molar-refractivity contribution in [2.45, 2.75) is 263 Å². The lowest BCUT2D eigenvalue weighted by atomic mass is 9.99. The predicted octanol–water partition coefficient (Wildman–Crippen LogP) is 13.4. The fourth-order valence-electron chi connectivity index (χ4n) is 7.94. The van der Waals surface area contributed by atoms with Gasteiger partial charge in [0.2, 0.25) is 0 Å². The zero-order valence-corrected chi connectivity index (χ0v) is 41.7. The number of ether oxygens (including phenoxy) is 4. The summed E-state index contributed by atoms with van der Waals surface area (Å²) in [7, 11) is 0. The van der Waals surface area contributed by atoms with Crippen molar-refractivity contribution >= 4 is 5.97 Å². The molecular weight excluding hydrogens is 817 g/mol. The molecule has 0 aromatic rings. The van der Waals surface area contributed by atoms with Gasteiger partial charge in [0.05, 0.1) is 19.8 Å². The molecule has 1 rings (SSSR count). The Hall–Kier alpha value is -2.11. The van der Waals surface area contributed by atoms with Crippen molar-refractivity contribution in [1.82, 2.24) is 0 Å². The van der Waals surface area contributed by atoms with Crippen LogP contribution in [0.15, 0.2) is 60.8 Å². The summed E-state index contributed by atoms with van der Waals surface area (Å²) in [6, 6.07) is 0. The van der Waals surface area contributed by atoms with Crippen molar-refractivity contribution in [1.29, 1.82) is 0 Å². The Balaban J connectivity index is 2.18. The van der Waals surface area contributed by atoms with E-state index in [1.54, 1.807) is 0 Å². The van der Waals surface area contributed by atoms with Gasteiger partial charge < -0.3 is 39.4 Å². The van der Waals surface area contributed by atoms with E-state index in [0.717, 1.165) is 70.6 Å². The molecule has 0 aliphatic carbocycles. The Kier molecular flexibility index (Phi) is 44.0. The summed E-state index contributed by atoms with van der Waals surface area (Å²) in [5.41, 5.74) is 0. The van der Waals surface area contributed by atoms with Crippen LogP contribution in [-0.2, 0) is 23.7 Å². The van der Waals surface area contributed by atoms with E-state index in [-0.39, 0.29) is 19.2 Å². The quantitative estimate of drug-likeness (QED) is 0.0267. The second kappa shape index (κ2) is 47.0. The Labute approximate surface area is 398 Å². The summed E-state index contributed by atoms with van der Waals surface area (Å²) in [6.07, 6.45) is 54.0. The monoisotopic (exact) mass is 917 g/mol. The van der Waals surface area contributed by atoms with Gasteiger partial charge in [-0.2, -0.15) is 0 Å². The van der Waals surface area contributed by atoms with E-state index in [4.69, 9.17) is 18.9 Å². The molecule has 0 radical (unpaired) electrons. The highest BCUT2D eigenvalue weighted by atomic mass is 16.7. The lowest BCUT2D eigenvalue weighted by molar-refractivity contribution is -0.305. The molecule has 0 aromatic carbocycles. The molecule has 0 amide bonds. The minimum atomic E-state index is -1.54. The van der Waals surface area contributed by atoms with Crippen LogP contribution < -0.4 is 0 Å². The molecule has 1 fully saturated rings. The highest BCUT2D eigenvalue weighted by Crippen LogP contribution is 2.23. The number of carbonyl (C=O) groups is 1. The predicted molar refractivity (Wildman–Crippen MR) is 270 cm³/mol. The fraction of sp³-hybridized carbons (Fsp3) is 0.804. The first-order chi connectivity index (χ1) is 31.9. The molecule has 4 N–H and O–H groups in total. The molecule has 6 unspecified atom stereocenters. The summed E-state index contributed by atoms with van der Waals surface area (Å²) >= 11 is 0. The SMILES string of the molecule is CCCCCC/C=C\C/C=C\CCCCCCCC(=O)OC(COCCCCCCCCCCCCC/C=C\C/C=C\C/C=C\CCCCCCC)COC1OC(CO)C(O)C(O)C1O. The smallest absolute Gasteiger partial charge is 0.306 e. The van der Waals surface area contributed by atoms with Gasteiger partial charge in [0.25, 0.3) is 0 Å². The highest BCUT2D eigenvalue weighted by Gasteiger charge is 2.44. The first kappa shape index (κ1) is 60.9. The Morgan fingerprint density at radius 1 is 0.492 bits per heavy atom. The van der Waals surface area contributed by atoms with Gasteiger partial charge in [-0.3, -0.25) is 4.79 Å². The van der Waals surface area contributed by atoms with Crippen molar-refractivity contribution < 1.29 is 44.2 Å². The average Bonchev–Trinajstić information content (AvgIpc) is 3.31. The molecule has 1 aliphatic heterocycles. The van der Waals surface area contributed by atoms with Gasteiger partial charge in [0.1, 0.15) is 30.5 Å². The van der Waals surface area contributed by atoms with Gasteiger partial charge in [-0.05, 0) is 83.5 Å². The van der Waals surface area contributed by atoms with Crippen LogP contribution in [0.3, 0.4) is 0 Å². The number of aliphatic hydroxyl groups is 4. The average molecular weight is 917 g/mol. The van der Waals surface area contributed by atoms with Gasteiger partial charge in [0, 0.05) is 13.0 Å². The van der Waals surface area contributed by atoms with Gasteiger partial charge >= 0.3 is 5.97 Å². The number of rotatable bonds is 46. The van der Waals surface area contributed by atoms with Crippen LogP contribution in [0.5, 0.6) is 0 Å². The number of aliphatic hydroxyl groups excluding tert-OH is 4. The maximum absolute atomic E-state index is 12.8. The molecule has 0 aromatic heterocycles. The van der Waals surface area contributed by atoms with E-state index < -0.39 is 43.4 Å². The Morgan fingerprint density at radius 2 is 0.892 bits per heavy atom. The minimum Gasteiger partial charge on any atom is -0.457 e. The molecule has 0 spiro atoms. The van der Waals surface area contributed by atoms with E-state index in [1.165, 1.54) is 135 Å². The molecule has 0 bridgehead atoms. The van der Waals surface area contributed by atoms with Crippen LogP contribution in [0.2, 0.25) is 0 Å². The zero-order valence-electron chi connectivity index (χ0n) is 41.7. The molecule has 1 aliphatic rings. The van der Waals surface area contributed by atoms with E-state index in [0.29, 0.717) is 13.0 Å². The van der Waals surface area contributed by atoms with Gasteiger partial charge in [-0.1, -0.05) is 197 Å². The number of hydrogen-bond acceptors (Lipinski definition) is 9. The van der Waals surface area contributed by atoms with E-state index in [1.807, 2.05) is 0 Å². The lowest BCUT2D eigenvalue weighted by Gasteiger charge is -2.39. The van der Waals surface area contributed by atoms with Crippen molar-refractivity contribution in [2.24, 2.45) is 0 Å². The Morgan fingerprint density at radius 3 is 1.35 bits per heavy atom. The molecular formula is C56H100O9. The second-order valence-electron chi connectivity index (χ2n) is 18.3. The van der Waals surface area contributed by atoms with E-state index >= 15 is 0 Å². The fourth-order valence-corrected chi connectivity index (χ4v) is 7.94. The third-order valence-corrected chi connectivity index (χ3v) is 12.2. The first-order valence-corrected chi connectivity index (χ1v) is 26.9. The van der Waals surface area contributed by atoms with Crippen LogP contribution in [0, 0.1) is 0 Å². The van der Waals surface area contributed by atoms with E-state index in [2.05, 4.69) is 74.6 Å². The van der Waals surface area contributed by atoms with E-state index in [9.17, 15) is 25.2 Å². The van der Waals surface area contributed by atoms with Crippen molar-refractivity contribution in [2.75, 3.05) is 26.4 Å². The topological polar surface area (TPSA) is 135 Å². The Bertz CT molecular complexity index is 1180. The van der Waals surface area contributed by atoms with Crippen LogP contribution in [0.1, 0.15) is 226 Å². The van der Waals surface area contributed by atoms with Crippen LogP contribution in [-0.4, -0.2) is 89.6 Å². The molecule has 9 nitrogen and oxygen atoms in total. The van der Waals surface area contributed by atoms with Crippen LogP contribution >= 0.6 is 0 Å². The number of hydrogen-bond donors (Lipinski definition) is 4. The van der Waals surface area contributed by atoms with Crippen molar-refractivity contribution in [3.63, 3.8) is 0 Å². The summed E-state index contributed by atoms with van der Waals surface area (Å²) in [5, 5.41) is 40.3. The van der Waals surface area contributed by atoms with Gasteiger partial charge in [0.15, 0.2) is 6.29 Å². The number of esters is 1. The van der Waals surface area contributed by atoms with Crippen molar-refractivity contribution in [3.8, 4) is 0 Å². The second-order valence-corrected chi connectivity index (χ2v) is 18.3. The number of carbonyl (C=O) groups excluding carboxylic acids is 1. The molecule has 1 saturated heterocycles. The molecule has 378 valence electrons. The third-order valence-electron chi connectivity index (χ3n) is 12.2. The lowest BCUT2D eigenvalue weighted by Crippen LogP contribution is -2.59. The normalized spacial score (nSPS) is 19.9. The highest BCUT2D eigenvalue weighted by molar-refractivity contribution is 5.69. The molecule has 1 heterocycles. The molecule has 6 atom stereocenters. The summed E-state index contributed by atoms with van der Waals surface area (Å²) in [6.45, 7) is 4.52. The molecule has 9 heteroatoms. The van der Waals surface area contributed by atoms with Gasteiger partial charge in [-0.25, -0.2) is 0 Å². The summed E-state index contributed by atoms with van der Waals surface area (Å²) in [5.74, 6) is -0.328. The van der Waals surface area contributed by atoms with Gasteiger partial charge in [-0.15, -0.1) is 0 Å². The van der Waals surface area contributed by atoms with Crippen molar-refractivity contribution in [3.05, 3.63) is 60.8 Å².